The summed E-state index contributed by atoms with van der Waals surface area (Å²) in [5.41, 5.74) is -1.88. The quantitative estimate of drug-likeness (QED) is 0.595. The summed E-state index contributed by atoms with van der Waals surface area (Å²) >= 11 is 5.75. The van der Waals surface area contributed by atoms with Crippen LogP contribution < -0.4 is 5.32 Å². The molecule has 1 atom stereocenters. The Morgan fingerprint density at radius 1 is 1.18 bits per heavy atom. The molecule has 0 spiro atoms. The normalized spacial score (nSPS) is 20.7. The highest BCUT2D eigenvalue weighted by Gasteiger charge is 2.49. The van der Waals surface area contributed by atoms with Crippen molar-refractivity contribution in [1.29, 1.82) is 0 Å². The molecule has 158 valence electrons. The van der Waals surface area contributed by atoms with E-state index in [0.29, 0.717) is 0 Å². The number of carbonyl (C=O) groups excluding carboxylic acids is 1. The van der Waals surface area contributed by atoms with Gasteiger partial charge < -0.3 is 10.2 Å². The van der Waals surface area contributed by atoms with Crippen LogP contribution in [0.15, 0.2) is 30.6 Å². The Hall–Kier alpha value is -1.67. The van der Waals surface area contributed by atoms with Crippen molar-refractivity contribution in [3.05, 3.63) is 58.4 Å². The molecule has 34 heavy (non-hydrogen) atoms. The van der Waals surface area contributed by atoms with Crippen LogP contribution >= 0.6 is 11.6 Å². The Morgan fingerprint density at radius 3 is 2.32 bits per heavy atom. The molecule has 1 aliphatic heterocycles. The average Bonchev–Trinajstić information content (AvgIpc) is 2.75. The van der Waals surface area contributed by atoms with Gasteiger partial charge in [0.25, 0.3) is 5.91 Å². The number of hydrogen-bond donors (Lipinski definition) is 1. The van der Waals surface area contributed by atoms with Gasteiger partial charge in [0.15, 0.2) is 0 Å². The van der Waals surface area contributed by atoms with E-state index in [9.17, 15) is 9.18 Å². The van der Waals surface area contributed by atoms with E-state index in [-0.39, 0.29) is 41.5 Å². The van der Waals surface area contributed by atoms with Crippen LogP contribution in [0.3, 0.4) is 0 Å². The second kappa shape index (κ2) is 9.42. The molecule has 1 aliphatic rings. The van der Waals surface area contributed by atoms with E-state index in [4.69, 9.17) is 66.5 Å². The predicted octanol–water partition coefficient (Wildman–Crippen LogP) is -0.371. The van der Waals surface area contributed by atoms with Crippen LogP contribution in [-0.2, 0) is 10.5 Å². The smallest absolute Gasteiger partial charge is 0.253 e. The zero-order valence-electron chi connectivity index (χ0n) is 18.1. The van der Waals surface area contributed by atoms with Crippen molar-refractivity contribution in [1.82, 2.24) is 20.2 Å². The molecule has 1 N–H and O–H groups in total. The summed E-state index contributed by atoms with van der Waals surface area (Å²) in [7, 11) is 40.9. The number of aromatic nitrogens is 2. The van der Waals surface area contributed by atoms with Crippen LogP contribution in [0, 0.1) is 5.82 Å². The molecule has 1 amide bonds. The number of hydrogen-bond acceptors (Lipinski definition) is 4. The van der Waals surface area contributed by atoms with Crippen LogP contribution in [0.25, 0.3) is 0 Å². The van der Waals surface area contributed by atoms with Crippen molar-refractivity contribution in [2.75, 3.05) is 19.6 Å². The molecular weight excluding hydrogens is 449 g/mol. The molecule has 1 fully saturated rings. The Balaban J connectivity index is 1.69. The first-order valence-electron chi connectivity index (χ1n) is 10.1. The van der Waals surface area contributed by atoms with E-state index in [0.717, 1.165) is 6.07 Å². The fourth-order valence-corrected chi connectivity index (χ4v) is 3.63. The zero-order valence-corrected chi connectivity index (χ0v) is 18.9. The SMILES string of the molecule is [B]C([B])([B])c1cnc(C([B])([B])NCC2(F)CCN(C(=O)c3ccc(F)c(Cl)c3)CC2([B])[B])nc1. The molecular formula is C19H14B7ClF2N4O. The lowest BCUT2D eigenvalue weighted by molar-refractivity contribution is 0.0336. The molecule has 5 nitrogen and oxygen atoms in total. The van der Waals surface area contributed by atoms with Gasteiger partial charge in [-0.3, -0.25) is 4.79 Å². The molecule has 1 aromatic heterocycles. The number of rotatable bonds is 6. The van der Waals surface area contributed by atoms with Crippen LogP contribution in [0.1, 0.15) is 28.2 Å². The molecule has 0 bridgehead atoms. The molecule has 2 aromatic rings. The monoisotopic (exact) mass is 464 g/mol. The van der Waals surface area contributed by atoms with Gasteiger partial charge in [0, 0.05) is 42.9 Å². The lowest BCUT2D eigenvalue weighted by Gasteiger charge is -2.50. The third-order valence-corrected chi connectivity index (χ3v) is 5.99. The van der Waals surface area contributed by atoms with Crippen molar-refractivity contribution in [3.8, 4) is 0 Å². The number of likely N-dealkylation sites (tertiary alicyclic amines) is 1. The Bertz CT molecular complexity index is 1070. The van der Waals surface area contributed by atoms with E-state index in [1.165, 1.54) is 29.4 Å². The van der Waals surface area contributed by atoms with Gasteiger partial charge in [-0.25, -0.2) is 18.7 Å². The first-order valence-corrected chi connectivity index (χ1v) is 10.5. The van der Waals surface area contributed by atoms with E-state index in [1.54, 1.807) is 0 Å². The lowest BCUT2D eigenvalue weighted by atomic mass is 9.40. The van der Waals surface area contributed by atoms with E-state index in [2.05, 4.69) is 15.3 Å². The summed E-state index contributed by atoms with van der Waals surface area (Å²) in [4.78, 5) is 22.0. The Kier molecular flexibility index (Phi) is 7.46. The summed E-state index contributed by atoms with van der Waals surface area (Å²) in [5.74, 6) is -1.28. The Morgan fingerprint density at radius 2 is 1.79 bits per heavy atom. The highest BCUT2D eigenvalue weighted by molar-refractivity contribution is 6.58. The van der Waals surface area contributed by atoms with Crippen molar-refractivity contribution >= 4 is 72.4 Å². The summed E-state index contributed by atoms with van der Waals surface area (Å²) in [5, 5.41) is -3.10. The van der Waals surface area contributed by atoms with Crippen LogP contribution in [0.5, 0.6) is 0 Å². The molecule has 0 aliphatic carbocycles. The van der Waals surface area contributed by atoms with Gasteiger partial charge in [-0.05, 0) is 35.4 Å². The summed E-state index contributed by atoms with van der Waals surface area (Å²) in [6, 6.07) is 3.51. The maximum Gasteiger partial charge on any atom is 0.253 e. The molecule has 1 saturated heterocycles. The van der Waals surface area contributed by atoms with Crippen LogP contribution in [0.4, 0.5) is 8.78 Å². The molecule has 1 unspecified atom stereocenters. The second-order valence-electron chi connectivity index (χ2n) is 8.56. The second-order valence-corrected chi connectivity index (χ2v) is 8.97. The maximum absolute atomic E-state index is 15.9. The molecule has 0 saturated carbocycles. The average molecular weight is 463 g/mol. The van der Waals surface area contributed by atoms with Gasteiger partial charge in [-0.1, -0.05) is 11.6 Å². The zero-order chi connectivity index (χ0) is 25.5. The molecule has 14 radical (unpaired) electrons. The molecule has 15 heteroatoms. The van der Waals surface area contributed by atoms with Crippen molar-refractivity contribution < 1.29 is 13.6 Å². The number of amides is 1. The minimum absolute atomic E-state index is 0.0267. The first-order chi connectivity index (χ1) is 15.6. The standard InChI is InChI=1S/C19H14B7ClF2N4O/c20-17(21)9-33(14(34)10-1-2-13(28)12(27)5-10)4-3-16(17,29)8-32-19(25,26)15-30-6-11(7-31-15)18(22,23)24/h1-2,5-7,32H,3-4,8-9H2. The number of alkyl halides is 1. The van der Waals surface area contributed by atoms with Gasteiger partial charge in [-0.2, -0.15) is 0 Å². The minimum Gasteiger partial charge on any atom is -0.339 e. The number of nitrogens with one attached hydrogen (secondary N) is 1. The van der Waals surface area contributed by atoms with Crippen LogP contribution in [0.2, 0.25) is 10.2 Å². The number of piperidine rings is 1. The van der Waals surface area contributed by atoms with Gasteiger partial charge in [0.1, 0.15) is 17.3 Å². The first kappa shape index (κ1) is 26.9. The van der Waals surface area contributed by atoms with E-state index < -0.39 is 39.6 Å². The van der Waals surface area contributed by atoms with Gasteiger partial charge >= 0.3 is 0 Å². The third kappa shape index (κ3) is 5.59. The number of benzene rings is 1. The van der Waals surface area contributed by atoms with E-state index in [1.807, 2.05) is 0 Å². The van der Waals surface area contributed by atoms with Gasteiger partial charge in [-0.15, -0.1) is 5.11 Å². The minimum atomic E-state index is -2.21. The number of halogens is 3. The highest BCUT2D eigenvalue weighted by Crippen LogP contribution is 2.43. The fraction of sp³-hybridized carbons (Fsp3) is 0.421. The summed E-state index contributed by atoms with van der Waals surface area (Å²) in [6.45, 7) is -0.837. The molecule has 1 aromatic carbocycles. The predicted molar refractivity (Wildman–Crippen MR) is 132 cm³/mol. The maximum atomic E-state index is 15.9. The topological polar surface area (TPSA) is 58.1 Å². The molecule has 2 heterocycles. The Labute approximate surface area is 211 Å². The summed E-state index contributed by atoms with van der Waals surface area (Å²) in [6.07, 6.45) is 2.25. The largest absolute Gasteiger partial charge is 0.339 e. The summed E-state index contributed by atoms with van der Waals surface area (Å²) < 4.78 is 29.3. The molecule has 3 rings (SSSR count). The van der Waals surface area contributed by atoms with Crippen molar-refractivity contribution in [2.45, 2.75) is 27.8 Å². The lowest BCUT2D eigenvalue weighted by Crippen LogP contribution is -2.61. The van der Waals surface area contributed by atoms with Crippen LogP contribution in [-0.4, -0.2) is 101 Å². The van der Waals surface area contributed by atoms with Gasteiger partial charge in [0.2, 0.25) is 0 Å². The highest BCUT2D eigenvalue weighted by atomic mass is 35.5. The van der Waals surface area contributed by atoms with Gasteiger partial charge in [0.05, 0.1) is 59.9 Å². The third-order valence-electron chi connectivity index (χ3n) is 5.70. The van der Waals surface area contributed by atoms with Crippen molar-refractivity contribution in [3.63, 3.8) is 0 Å². The van der Waals surface area contributed by atoms with Crippen molar-refractivity contribution in [2.24, 2.45) is 0 Å². The number of carbonyl (C=O) groups is 1. The number of nitrogens with zero attached hydrogens (tertiary/aromatic N) is 3. The fourth-order valence-electron chi connectivity index (χ4n) is 3.45. The van der Waals surface area contributed by atoms with E-state index >= 15 is 4.39 Å².